The van der Waals surface area contributed by atoms with Crippen LogP contribution in [0.2, 0.25) is 0 Å². The quantitative estimate of drug-likeness (QED) is 0.00807. The molecule has 3 aliphatic carbocycles. The molecule has 3 fully saturated rings. The van der Waals surface area contributed by atoms with Gasteiger partial charge in [-0.15, -0.1) is 0 Å². The highest BCUT2D eigenvalue weighted by Gasteiger charge is 2.42. The van der Waals surface area contributed by atoms with Gasteiger partial charge in [0.15, 0.2) is 12.2 Å². The normalized spacial score (nSPS) is 18.5. The predicted molar refractivity (Wildman–Crippen MR) is 496 cm³/mol. The molecule has 10 unspecified atom stereocenters. The van der Waals surface area contributed by atoms with E-state index in [9.17, 15) is 94.2 Å². The van der Waals surface area contributed by atoms with Crippen LogP contribution in [0, 0.1) is 29.1 Å². The molecule has 766 valence electrons. The van der Waals surface area contributed by atoms with Crippen molar-refractivity contribution in [1.82, 2.24) is 0 Å². The number of esters is 9. The van der Waals surface area contributed by atoms with E-state index in [1.54, 1.807) is 0 Å². The van der Waals surface area contributed by atoms with E-state index in [1.165, 1.54) is 6.08 Å². The minimum Gasteiger partial charge on any atom is -0.494 e. The molecule has 0 aromatic heterocycles. The number of unbranched alkanes of at least 4 members (excludes halogenated alkanes) is 2. The van der Waals surface area contributed by atoms with E-state index >= 15 is 0 Å². The van der Waals surface area contributed by atoms with Crippen molar-refractivity contribution in [2.75, 3.05) is 145 Å². The third-order valence-electron chi connectivity index (χ3n) is 21.9. The molecule has 10 N–H and O–H groups in total. The lowest BCUT2D eigenvalue weighted by Crippen LogP contribution is -2.43. The van der Waals surface area contributed by atoms with Gasteiger partial charge in [0, 0.05) is 74.4 Å². The van der Waals surface area contributed by atoms with Crippen LogP contribution < -0.4 is 9.47 Å². The molecule has 2 aromatic rings. The number of carbonyl (C=O) groups is 9. The van der Waals surface area contributed by atoms with Crippen molar-refractivity contribution in [2.24, 2.45) is 29.1 Å². The number of benzene rings is 2. The first-order valence-corrected chi connectivity index (χ1v) is 45.5. The van der Waals surface area contributed by atoms with Gasteiger partial charge in [-0.3, -0.25) is 0 Å². The van der Waals surface area contributed by atoms with Gasteiger partial charge < -0.3 is 136 Å². The fraction of sp³-hybridized carbons (Fsp3) is 0.606. The van der Waals surface area contributed by atoms with E-state index in [0.29, 0.717) is 93.0 Å². The summed E-state index contributed by atoms with van der Waals surface area (Å²) >= 11 is 0. The van der Waals surface area contributed by atoms with Crippen LogP contribution in [-0.2, 0) is 124 Å². The lowest BCUT2D eigenvalue weighted by Gasteiger charge is -2.46. The van der Waals surface area contributed by atoms with Crippen LogP contribution in [0.15, 0.2) is 162 Å². The molecule has 0 amide bonds. The van der Waals surface area contributed by atoms with Crippen LogP contribution in [0.4, 0.5) is 0 Å². The van der Waals surface area contributed by atoms with Crippen LogP contribution in [0.5, 0.6) is 11.5 Å². The highest BCUT2D eigenvalue weighted by Crippen LogP contribution is 2.49. The number of ether oxygens (including phenoxy) is 18. The zero-order valence-corrected chi connectivity index (χ0v) is 79.2. The first kappa shape index (κ1) is 122. The minimum absolute atomic E-state index is 0.0139. The van der Waals surface area contributed by atoms with Gasteiger partial charge in [-0.2, -0.15) is 0 Å². The Hall–Kier alpha value is -9.91. The highest BCUT2D eigenvalue weighted by atomic mass is 16.6. The van der Waals surface area contributed by atoms with Crippen molar-refractivity contribution in [2.45, 2.75) is 209 Å². The molecule has 0 bridgehead atoms. The van der Waals surface area contributed by atoms with E-state index in [2.05, 4.69) is 96.4 Å². The Kier molecular flexibility index (Phi) is 64.3. The maximum absolute atomic E-state index is 11.8. The lowest BCUT2D eigenvalue weighted by atomic mass is 9.60. The highest BCUT2D eigenvalue weighted by molar-refractivity contribution is 5.86. The van der Waals surface area contributed by atoms with Gasteiger partial charge in [0.25, 0.3) is 0 Å². The van der Waals surface area contributed by atoms with Crippen LogP contribution in [0.1, 0.15) is 142 Å². The van der Waals surface area contributed by atoms with E-state index in [4.69, 9.17) is 75.8 Å². The minimum atomic E-state index is -2.26. The average Bonchev–Trinajstić information content (AvgIpc) is 0.804. The molecular weight excluding hydrogens is 1780 g/mol. The zero-order chi connectivity index (χ0) is 101. The molecule has 3 saturated carbocycles. The van der Waals surface area contributed by atoms with Crippen molar-refractivity contribution in [3.05, 3.63) is 173 Å². The van der Waals surface area contributed by atoms with Gasteiger partial charge >= 0.3 is 53.7 Å². The van der Waals surface area contributed by atoms with Crippen molar-refractivity contribution < 1.29 is 179 Å². The lowest BCUT2D eigenvalue weighted by molar-refractivity contribution is -0.176. The SMILES string of the molecule is C=CC(=C)OCCCCOCC(O)COC(=O)C(O)C(O)C(=O)OCC(O)COCCCCOC(=O)C=C.C=CC(=O)OCC(O)COC1CCC(C(C)(C)C2CCC(OCC(O)COC(=O)C=C)CC2)CC1.C=CC(=O)OCC(O)COCC1CCC(COCC(O)COC(=O)C=C)CC1.C=CC(=O)OCC(O)COc1ccc(C(C)(C)c2ccc(OCC(O)COC(=O)C=C)cc2)cc1. The Bertz CT molecular complexity index is 3580. The van der Waals surface area contributed by atoms with Crippen molar-refractivity contribution >= 4 is 53.7 Å². The maximum Gasteiger partial charge on any atom is 0.338 e. The van der Waals surface area contributed by atoms with E-state index in [0.717, 1.165) is 131 Å². The van der Waals surface area contributed by atoms with Gasteiger partial charge in [-0.05, 0) is 173 Å². The third kappa shape index (κ3) is 55.5. The summed E-state index contributed by atoms with van der Waals surface area (Å²) in [7, 11) is 0. The Labute approximate surface area is 797 Å². The fourth-order valence-electron chi connectivity index (χ4n) is 13.7. The van der Waals surface area contributed by atoms with Crippen molar-refractivity contribution in [3.63, 3.8) is 0 Å². The molecule has 3 aliphatic rings. The van der Waals surface area contributed by atoms with Gasteiger partial charge in [-0.25, -0.2) is 43.2 Å². The molecule has 37 heteroatoms. The number of allylic oxidation sites excluding steroid dienone is 1. The topological polar surface area (TPSA) is 522 Å². The third-order valence-corrected chi connectivity index (χ3v) is 21.9. The Morgan fingerprint density at radius 3 is 0.860 bits per heavy atom. The van der Waals surface area contributed by atoms with Crippen LogP contribution in [-0.4, -0.2) is 323 Å². The number of aliphatic hydroxyl groups is 10. The number of hydrogen-bond acceptors (Lipinski definition) is 37. The molecule has 0 spiro atoms. The predicted octanol–water partition coefficient (Wildman–Crippen LogP) is 6.86. The zero-order valence-electron chi connectivity index (χ0n) is 79.2. The van der Waals surface area contributed by atoms with Crippen LogP contribution in [0.3, 0.4) is 0 Å². The number of rotatable bonds is 66. The summed E-state index contributed by atoms with van der Waals surface area (Å²) in [5.74, 6) is -2.88. The smallest absolute Gasteiger partial charge is 0.338 e. The molecule has 10 atom stereocenters. The summed E-state index contributed by atoms with van der Waals surface area (Å²) in [6.07, 6.45) is 11.7. The summed E-state index contributed by atoms with van der Waals surface area (Å²) in [6, 6.07) is 15.1. The molecule has 136 heavy (non-hydrogen) atoms. The Morgan fingerprint density at radius 2 is 0.566 bits per heavy atom. The van der Waals surface area contributed by atoms with Crippen molar-refractivity contribution in [1.29, 1.82) is 0 Å². The molecule has 2 aromatic carbocycles. The van der Waals surface area contributed by atoms with Gasteiger partial charge in [0.2, 0.25) is 0 Å². The average molecular weight is 1930 g/mol. The van der Waals surface area contributed by atoms with Gasteiger partial charge in [-0.1, -0.05) is 111 Å². The summed E-state index contributed by atoms with van der Waals surface area (Å²) < 4.78 is 92.5. The first-order chi connectivity index (χ1) is 64.9. The number of hydrogen-bond donors (Lipinski definition) is 10. The molecule has 37 nitrogen and oxygen atoms in total. The second kappa shape index (κ2) is 71.5. The Morgan fingerprint density at radius 1 is 0.309 bits per heavy atom. The summed E-state index contributed by atoms with van der Waals surface area (Å²) in [4.78, 5) is 101. The van der Waals surface area contributed by atoms with Crippen LogP contribution >= 0.6 is 0 Å². The maximum atomic E-state index is 11.8. The van der Waals surface area contributed by atoms with E-state index < -0.39 is 128 Å². The molecule has 0 radical (unpaired) electrons. The number of aliphatic hydroxyl groups excluding tert-OH is 10. The molecule has 0 aliphatic heterocycles. The second-order valence-electron chi connectivity index (χ2n) is 33.5. The largest absolute Gasteiger partial charge is 0.494 e. The molecular formula is C99H148O37. The summed E-state index contributed by atoms with van der Waals surface area (Å²) in [5.41, 5.74) is 2.03. The first-order valence-electron chi connectivity index (χ1n) is 45.5. The molecule has 0 heterocycles. The fourth-order valence-corrected chi connectivity index (χ4v) is 13.7. The summed E-state index contributed by atoms with van der Waals surface area (Å²) in [5, 5.41) is 98.1. The molecule has 0 saturated heterocycles. The van der Waals surface area contributed by atoms with Crippen LogP contribution in [0.25, 0.3) is 0 Å². The van der Waals surface area contributed by atoms with E-state index in [-0.39, 0.29) is 129 Å². The van der Waals surface area contributed by atoms with Gasteiger partial charge in [0.05, 0.1) is 65.1 Å². The Balaban J connectivity index is 0.000000616. The van der Waals surface area contributed by atoms with Crippen molar-refractivity contribution in [3.8, 4) is 11.5 Å². The molecule has 5 rings (SSSR count). The second-order valence-corrected chi connectivity index (χ2v) is 33.5. The monoisotopic (exact) mass is 1930 g/mol. The van der Waals surface area contributed by atoms with Gasteiger partial charge in [0.1, 0.15) is 132 Å². The summed E-state index contributed by atoms with van der Waals surface area (Å²) in [6.45, 7) is 40.0. The number of carbonyl (C=O) groups excluding carboxylic acids is 9. The van der Waals surface area contributed by atoms with E-state index in [1.807, 2.05) is 48.5 Å². The standard InChI is InChI=1S/C27H44O8.C27H32O8.C25H40O13.C20H32O8/c2*1-5-25(30)34-17-21(28)15-32-23-11-7-19(8-12-23)27(3,4)20-9-13-24(14-10-20)33-16-22(29)18-35-26(31)6-2;1-4-18(3)35-12-8-6-10-33-14-19(26)16-37-24(31)22(29)23(30)25(32)38-17-20(27)15-34-11-7-9-13-36-21(28)5-2;1-3-19(23)27-13-17(21)11-25-9-15-5-7-16(8-6-15)10-26-12-18(22)14-28-20(24)4-2/h5-6,19-24,28-29H,1-2,7-18H2,3-4H3;5-14,21-22,28-29H,1-2,15-18H2,3-4H3;4-5,19-20,22-23,26-27,29-30H,1-3,6-17H2;3-4,15-18,21-22H,1-2,5-14H2.